The topological polar surface area (TPSA) is 71.7 Å². The Balaban J connectivity index is 2.29. The van der Waals surface area contributed by atoms with Crippen molar-refractivity contribution in [3.63, 3.8) is 0 Å². The quantitative estimate of drug-likeness (QED) is 0.780. The molecule has 0 bridgehead atoms. The van der Waals surface area contributed by atoms with E-state index in [1.54, 1.807) is 31.2 Å². The first-order chi connectivity index (χ1) is 10.5. The lowest BCUT2D eigenvalue weighted by Gasteiger charge is -2.16. The van der Waals surface area contributed by atoms with E-state index in [0.29, 0.717) is 27.1 Å². The van der Waals surface area contributed by atoms with E-state index in [2.05, 4.69) is 5.32 Å². The van der Waals surface area contributed by atoms with E-state index in [0.717, 1.165) is 0 Å². The molecule has 2 aromatic rings. The van der Waals surface area contributed by atoms with E-state index in [1.165, 1.54) is 6.26 Å². The maximum absolute atomic E-state index is 12.1. The molecule has 118 valence electrons. The minimum Gasteiger partial charge on any atom is -0.466 e. The highest BCUT2D eigenvalue weighted by Crippen LogP contribution is 2.27. The lowest BCUT2D eigenvalue weighted by Crippen LogP contribution is -2.23. The summed E-state index contributed by atoms with van der Waals surface area (Å²) in [5, 5.41) is 13.0. The van der Waals surface area contributed by atoms with Crippen molar-refractivity contribution in [2.24, 2.45) is 0 Å². The van der Waals surface area contributed by atoms with Crippen LogP contribution >= 0.6 is 23.2 Å². The molecule has 5 nitrogen and oxygen atoms in total. The van der Waals surface area contributed by atoms with Crippen molar-refractivity contribution in [3.05, 3.63) is 51.9 Å². The van der Waals surface area contributed by atoms with Crippen LogP contribution in [0.25, 0.3) is 0 Å². The van der Waals surface area contributed by atoms with Crippen LogP contribution in [0.3, 0.4) is 0 Å². The van der Waals surface area contributed by atoms with Gasteiger partial charge in [0.1, 0.15) is 5.76 Å². The third-order valence-corrected chi connectivity index (χ3v) is 3.27. The summed E-state index contributed by atoms with van der Waals surface area (Å²) in [4.78, 5) is 12.1. The van der Waals surface area contributed by atoms with E-state index < -0.39 is 12.0 Å². The van der Waals surface area contributed by atoms with Crippen molar-refractivity contribution in [1.82, 2.24) is 0 Å². The largest absolute Gasteiger partial charge is 0.466 e. The van der Waals surface area contributed by atoms with Crippen LogP contribution in [0, 0.1) is 0 Å². The van der Waals surface area contributed by atoms with Crippen LogP contribution in [0.5, 0.6) is 0 Å². The molecule has 0 amide bonds. The minimum absolute atomic E-state index is 0.179. The van der Waals surface area contributed by atoms with Gasteiger partial charge in [0.2, 0.25) is 0 Å². The maximum atomic E-state index is 12.1. The summed E-state index contributed by atoms with van der Waals surface area (Å²) in [7, 11) is 0. The van der Waals surface area contributed by atoms with Crippen LogP contribution in [-0.4, -0.2) is 17.7 Å². The monoisotopic (exact) mass is 343 g/mol. The number of nitrogens with one attached hydrogen (secondary N) is 1. The predicted octanol–water partition coefficient (Wildman–Crippen LogP) is 3.80. The summed E-state index contributed by atoms with van der Waals surface area (Å²) in [5.41, 5.74) is 1.12. The Kier molecular flexibility index (Phi) is 5.71. The number of hydrogen-bond acceptors (Lipinski definition) is 5. The molecule has 1 aromatic heterocycles. The number of ether oxygens (including phenoxy) is 1. The Labute approximate surface area is 137 Å². The van der Waals surface area contributed by atoms with Gasteiger partial charge in [0.25, 0.3) is 0 Å². The highest BCUT2D eigenvalue weighted by molar-refractivity contribution is 6.35. The fourth-order valence-corrected chi connectivity index (χ4v) is 2.43. The average molecular weight is 344 g/mol. The van der Waals surface area contributed by atoms with Crippen LogP contribution in [0.4, 0.5) is 5.69 Å². The van der Waals surface area contributed by atoms with Gasteiger partial charge in [-0.05, 0) is 31.2 Å². The third-order valence-electron chi connectivity index (χ3n) is 2.84. The van der Waals surface area contributed by atoms with E-state index in [-0.39, 0.29) is 13.2 Å². The van der Waals surface area contributed by atoms with Gasteiger partial charge in [0.15, 0.2) is 6.04 Å². The van der Waals surface area contributed by atoms with E-state index >= 15 is 0 Å². The fourth-order valence-electron chi connectivity index (χ4n) is 1.90. The summed E-state index contributed by atoms with van der Waals surface area (Å²) in [6, 6.07) is 5.57. The Morgan fingerprint density at radius 2 is 2.00 bits per heavy atom. The van der Waals surface area contributed by atoms with Crippen molar-refractivity contribution < 1.29 is 19.1 Å². The molecule has 1 aromatic carbocycles. The summed E-state index contributed by atoms with van der Waals surface area (Å²) < 4.78 is 10.4. The molecule has 0 saturated carbocycles. The molecule has 0 aliphatic rings. The molecule has 0 aliphatic carbocycles. The van der Waals surface area contributed by atoms with Crippen molar-refractivity contribution in [2.45, 2.75) is 19.6 Å². The van der Waals surface area contributed by atoms with Gasteiger partial charge in [-0.2, -0.15) is 0 Å². The molecule has 2 N–H and O–H groups in total. The number of esters is 1. The van der Waals surface area contributed by atoms with Gasteiger partial charge in [-0.1, -0.05) is 23.2 Å². The standard InChI is InChI=1S/C15H15Cl2NO4/c1-2-21-15(20)14(13-3-9(7-19)8-22-13)18-12-5-10(16)4-11(17)6-12/h3-6,8,14,18-19H,2,7H2,1H3. The molecule has 0 saturated heterocycles. The summed E-state index contributed by atoms with van der Waals surface area (Å²) in [5.74, 6) is -0.170. The zero-order valence-electron chi connectivity index (χ0n) is 11.8. The zero-order chi connectivity index (χ0) is 16.1. The second-order valence-electron chi connectivity index (χ2n) is 4.50. The van der Waals surface area contributed by atoms with Gasteiger partial charge < -0.3 is 19.6 Å². The summed E-state index contributed by atoms with van der Waals surface area (Å²) >= 11 is 11.9. The van der Waals surface area contributed by atoms with Gasteiger partial charge in [0, 0.05) is 21.3 Å². The zero-order valence-corrected chi connectivity index (χ0v) is 13.3. The lowest BCUT2D eigenvalue weighted by molar-refractivity contribution is -0.144. The number of rotatable bonds is 6. The summed E-state index contributed by atoms with van der Waals surface area (Å²) in [6.45, 7) is 1.77. The van der Waals surface area contributed by atoms with Crippen molar-refractivity contribution >= 4 is 34.9 Å². The Morgan fingerprint density at radius 3 is 2.55 bits per heavy atom. The number of carbonyl (C=O) groups excluding carboxylic acids is 1. The highest BCUT2D eigenvalue weighted by Gasteiger charge is 2.25. The second kappa shape index (κ2) is 7.54. The number of hydrogen-bond donors (Lipinski definition) is 2. The van der Waals surface area contributed by atoms with E-state index in [4.69, 9.17) is 37.5 Å². The second-order valence-corrected chi connectivity index (χ2v) is 5.38. The van der Waals surface area contributed by atoms with E-state index in [9.17, 15) is 4.79 Å². The molecule has 22 heavy (non-hydrogen) atoms. The number of halogens is 2. The first-order valence-corrected chi connectivity index (χ1v) is 7.36. The SMILES string of the molecule is CCOC(=O)C(Nc1cc(Cl)cc(Cl)c1)c1cc(CO)co1. The molecule has 1 heterocycles. The lowest BCUT2D eigenvalue weighted by atomic mass is 10.2. The molecular weight excluding hydrogens is 329 g/mol. The number of benzene rings is 1. The van der Waals surface area contributed by atoms with Gasteiger partial charge in [-0.25, -0.2) is 4.79 Å². The first-order valence-electron chi connectivity index (χ1n) is 6.61. The summed E-state index contributed by atoms with van der Waals surface area (Å²) in [6.07, 6.45) is 1.38. The van der Waals surface area contributed by atoms with E-state index in [1.807, 2.05) is 0 Å². The van der Waals surface area contributed by atoms with Crippen LogP contribution in [0.15, 0.2) is 34.9 Å². The Bertz CT molecular complexity index is 636. The predicted molar refractivity (Wildman–Crippen MR) is 84.1 cm³/mol. The fraction of sp³-hybridized carbons (Fsp3) is 0.267. The molecule has 0 fully saturated rings. The van der Waals surface area contributed by atoms with Crippen LogP contribution < -0.4 is 5.32 Å². The number of aliphatic hydroxyl groups is 1. The van der Waals surface area contributed by atoms with Crippen molar-refractivity contribution in [3.8, 4) is 0 Å². The molecule has 7 heteroatoms. The van der Waals surface area contributed by atoms with Gasteiger partial charge in [-0.15, -0.1) is 0 Å². The number of aliphatic hydroxyl groups excluding tert-OH is 1. The van der Waals surface area contributed by atoms with Gasteiger partial charge in [0.05, 0.1) is 19.5 Å². The molecule has 0 aliphatic heterocycles. The third kappa shape index (κ3) is 4.16. The number of carbonyl (C=O) groups is 1. The molecule has 0 radical (unpaired) electrons. The first kappa shape index (κ1) is 16.7. The maximum Gasteiger partial charge on any atom is 0.336 e. The Hall–Kier alpha value is -1.69. The van der Waals surface area contributed by atoms with Crippen LogP contribution in [0.2, 0.25) is 10.0 Å². The van der Waals surface area contributed by atoms with Gasteiger partial charge >= 0.3 is 5.97 Å². The normalized spacial score (nSPS) is 12.0. The smallest absolute Gasteiger partial charge is 0.336 e. The molecule has 2 rings (SSSR count). The van der Waals surface area contributed by atoms with Crippen LogP contribution in [0.1, 0.15) is 24.3 Å². The van der Waals surface area contributed by atoms with Crippen molar-refractivity contribution in [1.29, 1.82) is 0 Å². The van der Waals surface area contributed by atoms with Crippen molar-refractivity contribution in [2.75, 3.05) is 11.9 Å². The number of anilines is 1. The van der Waals surface area contributed by atoms with Crippen LogP contribution in [-0.2, 0) is 16.1 Å². The Morgan fingerprint density at radius 1 is 1.32 bits per heavy atom. The molecule has 1 unspecified atom stereocenters. The highest BCUT2D eigenvalue weighted by atomic mass is 35.5. The molecule has 1 atom stereocenters. The average Bonchev–Trinajstić information content (AvgIpc) is 2.92. The molecule has 0 spiro atoms. The molecular formula is C15H15Cl2NO4. The minimum atomic E-state index is -0.866. The number of furan rings is 1. The van der Waals surface area contributed by atoms with Gasteiger partial charge in [-0.3, -0.25) is 0 Å².